The van der Waals surface area contributed by atoms with Gasteiger partial charge in [0.2, 0.25) is 0 Å². The van der Waals surface area contributed by atoms with E-state index in [0.717, 1.165) is 16.0 Å². The van der Waals surface area contributed by atoms with E-state index in [1.54, 1.807) is 54.6 Å². The smallest absolute Gasteiger partial charge is 0.278 e. The standard InChI is InChI=1S/C26H20Cl3N3O3/c27-20-7-3-1-5-18(20)14-31-24(33)17-11-9-16(10-12-17)13-30-23-22(29)25(34)32(26(23)35)15-19-6-2-4-8-21(19)28/h1-12,30H,13-15H2,(H,31,33). The first-order valence-electron chi connectivity index (χ1n) is 10.7. The van der Waals surface area contributed by atoms with Gasteiger partial charge in [-0.15, -0.1) is 0 Å². The first-order valence-corrected chi connectivity index (χ1v) is 11.8. The average Bonchev–Trinajstić information content (AvgIpc) is 3.06. The van der Waals surface area contributed by atoms with Crippen LogP contribution >= 0.6 is 34.8 Å². The van der Waals surface area contributed by atoms with Crippen molar-refractivity contribution in [2.24, 2.45) is 0 Å². The zero-order chi connectivity index (χ0) is 24.9. The number of rotatable bonds is 8. The second kappa shape index (κ2) is 11.0. The molecule has 0 fully saturated rings. The zero-order valence-corrected chi connectivity index (χ0v) is 20.6. The van der Waals surface area contributed by atoms with Gasteiger partial charge in [0.1, 0.15) is 10.7 Å². The molecule has 9 heteroatoms. The molecule has 0 spiro atoms. The van der Waals surface area contributed by atoms with Crippen molar-refractivity contribution >= 4 is 52.5 Å². The second-order valence-corrected chi connectivity index (χ2v) is 8.99. The van der Waals surface area contributed by atoms with Crippen LogP contribution in [0.1, 0.15) is 27.0 Å². The highest BCUT2D eigenvalue weighted by molar-refractivity contribution is 6.47. The maximum atomic E-state index is 12.8. The minimum Gasteiger partial charge on any atom is -0.375 e. The molecular formula is C26H20Cl3N3O3. The highest BCUT2D eigenvalue weighted by Crippen LogP contribution is 2.26. The Hall–Kier alpha value is -3.32. The number of nitrogens with zero attached hydrogens (tertiary/aromatic N) is 1. The topological polar surface area (TPSA) is 78.5 Å². The molecule has 0 atom stereocenters. The Labute approximate surface area is 217 Å². The van der Waals surface area contributed by atoms with Gasteiger partial charge in [0.05, 0.1) is 6.54 Å². The number of hydrogen-bond donors (Lipinski definition) is 2. The number of hydrogen-bond acceptors (Lipinski definition) is 4. The largest absolute Gasteiger partial charge is 0.375 e. The fourth-order valence-corrected chi connectivity index (χ4v) is 4.17. The number of amides is 3. The van der Waals surface area contributed by atoms with Crippen LogP contribution in [0.25, 0.3) is 0 Å². The van der Waals surface area contributed by atoms with Gasteiger partial charge in [0, 0.05) is 28.7 Å². The Morgan fingerprint density at radius 3 is 1.97 bits per heavy atom. The Morgan fingerprint density at radius 1 is 0.743 bits per heavy atom. The molecule has 2 N–H and O–H groups in total. The lowest BCUT2D eigenvalue weighted by molar-refractivity contribution is -0.138. The molecular weight excluding hydrogens is 509 g/mol. The van der Waals surface area contributed by atoms with Gasteiger partial charge in [-0.25, -0.2) is 0 Å². The summed E-state index contributed by atoms with van der Waals surface area (Å²) in [6, 6.07) is 21.2. The summed E-state index contributed by atoms with van der Waals surface area (Å²) in [5, 5.41) is 6.67. The minimum atomic E-state index is -0.579. The number of imide groups is 1. The van der Waals surface area contributed by atoms with Gasteiger partial charge in [0.15, 0.2) is 0 Å². The normalized spacial score (nSPS) is 13.4. The third-order valence-corrected chi connectivity index (χ3v) is 6.57. The molecule has 0 aromatic heterocycles. The number of nitrogens with one attached hydrogen (secondary N) is 2. The first-order chi connectivity index (χ1) is 16.8. The van der Waals surface area contributed by atoms with Crippen LogP contribution in [0.4, 0.5) is 0 Å². The van der Waals surface area contributed by atoms with Crippen molar-refractivity contribution in [2.75, 3.05) is 0 Å². The van der Waals surface area contributed by atoms with Crippen LogP contribution in [-0.4, -0.2) is 22.6 Å². The van der Waals surface area contributed by atoms with Crippen molar-refractivity contribution in [3.05, 3.63) is 116 Å². The van der Waals surface area contributed by atoms with E-state index in [9.17, 15) is 14.4 Å². The monoisotopic (exact) mass is 527 g/mol. The molecule has 1 aliphatic rings. The Kier molecular flexibility index (Phi) is 7.76. The summed E-state index contributed by atoms with van der Waals surface area (Å²) < 4.78 is 0. The lowest BCUT2D eigenvalue weighted by Gasteiger charge is -2.16. The number of carbonyl (C=O) groups is 3. The van der Waals surface area contributed by atoms with Crippen molar-refractivity contribution in [3.8, 4) is 0 Å². The molecule has 0 radical (unpaired) electrons. The van der Waals surface area contributed by atoms with Gasteiger partial charge in [-0.1, -0.05) is 83.3 Å². The first kappa shape index (κ1) is 24.8. The minimum absolute atomic E-state index is 0.0245. The van der Waals surface area contributed by atoms with Crippen LogP contribution in [0.15, 0.2) is 83.5 Å². The molecule has 0 saturated heterocycles. The van der Waals surface area contributed by atoms with Crippen molar-refractivity contribution in [3.63, 3.8) is 0 Å². The molecule has 178 valence electrons. The zero-order valence-electron chi connectivity index (χ0n) is 18.4. The predicted molar refractivity (Wildman–Crippen MR) is 136 cm³/mol. The molecule has 1 heterocycles. The fourth-order valence-electron chi connectivity index (χ4n) is 3.52. The van der Waals surface area contributed by atoms with Crippen molar-refractivity contribution in [1.82, 2.24) is 15.5 Å². The summed E-state index contributed by atoms with van der Waals surface area (Å²) >= 11 is 18.4. The molecule has 0 saturated carbocycles. The Balaban J connectivity index is 1.34. The number of benzene rings is 3. The Bertz CT molecular complexity index is 1320. The maximum Gasteiger partial charge on any atom is 0.278 e. The lowest BCUT2D eigenvalue weighted by Crippen LogP contribution is -2.33. The van der Waals surface area contributed by atoms with Gasteiger partial charge in [-0.2, -0.15) is 0 Å². The summed E-state index contributed by atoms with van der Waals surface area (Å²) in [7, 11) is 0. The van der Waals surface area contributed by atoms with Crippen molar-refractivity contribution in [2.45, 2.75) is 19.6 Å². The van der Waals surface area contributed by atoms with Gasteiger partial charge >= 0.3 is 0 Å². The maximum absolute atomic E-state index is 12.8. The van der Waals surface area contributed by atoms with E-state index in [2.05, 4.69) is 10.6 Å². The third kappa shape index (κ3) is 5.68. The van der Waals surface area contributed by atoms with E-state index in [-0.39, 0.29) is 29.7 Å². The summed E-state index contributed by atoms with van der Waals surface area (Å²) in [5.41, 5.74) is 2.79. The number of halogens is 3. The van der Waals surface area contributed by atoms with Gasteiger partial charge in [-0.05, 0) is 41.0 Å². The van der Waals surface area contributed by atoms with Crippen LogP contribution in [0.3, 0.4) is 0 Å². The van der Waals surface area contributed by atoms with E-state index in [0.29, 0.717) is 27.7 Å². The quantitative estimate of drug-likeness (QED) is 0.402. The predicted octanol–water partition coefficient (Wildman–Crippen LogP) is 5.03. The molecule has 35 heavy (non-hydrogen) atoms. The highest BCUT2D eigenvalue weighted by Gasteiger charge is 2.37. The van der Waals surface area contributed by atoms with Crippen molar-refractivity contribution in [1.29, 1.82) is 0 Å². The molecule has 3 aromatic rings. The van der Waals surface area contributed by atoms with Crippen LogP contribution in [0, 0.1) is 0 Å². The van der Waals surface area contributed by atoms with Crippen LogP contribution in [0.2, 0.25) is 10.0 Å². The second-order valence-electron chi connectivity index (χ2n) is 7.80. The Morgan fingerprint density at radius 2 is 1.34 bits per heavy atom. The molecule has 4 rings (SSSR count). The lowest BCUT2D eigenvalue weighted by atomic mass is 10.1. The molecule has 3 amide bonds. The molecule has 3 aromatic carbocycles. The van der Waals surface area contributed by atoms with E-state index in [1.807, 2.05) is 18.2 Å². The van der Waals surface area contributed by atoms with E-state index in [1.165, 1.54) is 0 Å². The van der Waals surface area contributed by atoms with E-state index in [4.69, 9.17) is 34.8 Å². The highest BCUT2D eigenvalue weighted by atomic mass is 35.5. The average molecular weight is 529 g/mol. The summed E-state index contributed by atoms with van der Waals surface area (Å²) in [6.07, 6.45) is 0. The van der Waals surface area contributed by atoms with Crippen LogP contribution in [0.5, 0.6) is 0 Å². The van der Waals surface area contributed by atoms with Gasteiger partial charge < -0.3 is 10.6 Å². The number of carbonyl (C=O) groups excluding carboxylic acids is 3. The molecule has 0 bridgehead atoms. The molecule has 1 aliphatic heterocycles. The van der Waals surface area contributed by atoms with Gasteiger partial charge in [0.25, 0.3) is 17.7 Å². The molecule has 0 unspecified atom stereocenters. The van der Waals surface area contributed by atoms with Crippen LogP contribution < -0.4 is 10.6 Å². The molecule has 6 nitrogen and oxygen atoms in total. The summed E-state index contributed by atoms with van der Waals surface area (Å²) in [5.74, 6) is -1.33. The van der Waals surface area contributed by atoms with E-state index >= 15 is 0 Å². The summed E-state index contributed by atoms with van der Waals surface area (Å²) in [6.45, 7) is 0.581. The molecule has 0 aliphatic carbocycles. The third-order valence-electron chi connectivity index (χ3n) is 5.48. The van der Waals surface area contributed by atoms with Crippen LogP contribution in [-0.2, 0) is 29.2 Å². The van der Waals surface area contributed by atoms with E-state index < -0.39 is 11.8 Å². The summed E-state index contributed by atoms with van der Waals surface area (Å²) in [4.78, 5) is 38.9. The van der Waals surface area contributed by atoms with Gasteiger partial charge in [-0.3, -0.25) is 19.3 Å². The fraction of sp³-hybridized carbons (Fsp3) is 0.115. The SMILES string of the molecule is O=C(NCc1ccccc1Cl)c1ccc(CNC2=C(Cl)C(=O)N(Cc3ccccc3Cl)C2=O)cc1. The van der Waals surface area contributed by atoms with Crippen molar-refractivity contribution < 1.29 is 14.4 Å².